The molecule has 1 heterocycles. The minimum Gasteiger partial charge on any atom is -0.495 e. The Morgan fingerprint density at radius 3 is 2.34 bits per heavy atom. The van der Waals surface area contributed by atoms with Gasteiger partial charge in [-0.3, -0.25) is 4.79 Å². The first-order chi connectivity index (χ1) is 15.1. The molecule has 2 N–H and O–H groups in total. The van der Waals surface area contributed by atoms with Crippen LogP contribution in [-0.2, 0) is 20.0 Å². The first kappa shape index (κ1) is 23.7. The fraction of sp³-hybridized carbons (Fsp3) is 0.300. The molecule has 0 atom stereocenters. The number of sulfonamides is 2. The highest BCUT2D eigenvalue weighted by atomic mass is 32.2. The summed E-state index contributed by atoms with van der Waals surface area (Å²) in [7, 11) is -3.32. The molecule has 1 aliphatic rings. The minimum absolute atomic E-state index is 0.00939. The summed E-state index contributed by atoms with van der Waals surface area (Å²) in [6.45, 7) is 0.766. The fourth-order valence-corrected chi connectivity index (χ4v) is 5.16. The number of likely N-dealkylation sites (tertiary alicyclic amines) is 1. The highest BCUT2D eigenvalue weighted by Crippen LogP contribution is 2.25. The Labute approximate surface area is 187 Å². The molecular formula is C20H24N4O6S2. The summed E-state index contributed by atoms with van der Waals surface area (Å²) in [4.78, 5) is 14.3. The van der Waals surface area contributed by atoms with Crippen LogP contribution >= 0.6 is 0 Å². The van der Waals surface area contributed by atoms with Gasteiger partial charge in [0.1, 0.15) is 16.5 Å². The van der Waals surface area contributed by atoms with Gasteiger partial charge in [0.25, 0.3) is 15.9 Å². The maximum atomic E-state index is 12.6. The number of nitrogens with zero attached hydrogens (tertiary/aromatic N) is 2. The van der Waals surface area contributed by atoms with E-state index in [0.717, 1.165) is 13.0 Å². The molecule has 0 saturated carbocycles. The second-order valence-corrected chi connectivity index (χ2v) is 10.5. The average molecular weight is 481 g/mol. The van der Waals surface area contributed by atoms with Crippen molar-refractivity contribution in [3.05, 3.63) is 48.0 Å². The van der Waals surface area contributed by atoms with Gasteiger partial charge in [-0.15, -0.1) is 4.40 Å². The second-order valence-electron chi connectivity index (χ2n) is 7.06. The van der Waals surface area contributed by atoms with Crippen molar-refractivity contribution in [2.24, 2.45) is 4.40 Å². The van der Waals surface area contributed by atoms with E-state index in [2.05, 4.69) is 14.4 Å². The number of amidine groups is 1. The molecule has 2 aromatic carbocycles. The van der Waals surface area contributed by atoms with E-state index in [4.69, 9.17) is 4.74 Å². The Hall–Kier alpha value is -2.96. The van der Waals surface area contributed by atoms with E-state index in [1.807, 2.05) is 4.90 Å². The zero-order valence-corrected chi connectivity index (χ0v) is 19.5. The van der Waals surface area contributed by atoms with Crippen molar-refractivity contribution in [1.29, 1.82) is 0 Å². The minimum atomic E-state index is -3.86. The lowest BCUT2D eigenvalue weighted by Gasteiger charge is -2.12. The van der Waals surface area contributed by atoms with Gasteiger partial charge in [-0.2, -0.15) is 8.42 Å². The van der Waals surface area contributed by atoms with Gasteiger partial charge in [0.2, 0.25) is 10.0 Å². The van der Waals surface area contributed by atoms with E-state index in [1.165, 1.54) is 56.6 Å². The standard InChI is InChI=1S/C20H24N4O6S2/c1-21-32(28,29)18-13-14(6-11-17(18)30-3)20(25)22-15-7-9-16(10-8-15)31(26,27)23-19-5-4-12-24(19)2/h6-11,13,21H,4-5,12H2,1-3H3,(H,22,25)/b23-19-. The maximum absolute atomic E-state index is 12.6. The highest BCUT2D eigenvalue weighted by Gasteiger charge is 2.22. The number of hydrogen-bond acceptors (Lipinski definition) is 6. The van der Waals surface area contributed by atoms with E-state index in [1.54, 1.807) is 7.05 Å². The molecule has 1 fully saturated rings. The van der Waals surface area contributed by atoms with Gasteiger partial charge in [0.05, 0.1) is 12.0 Å². The zero-order valence-electron chi connectivity index (χ0n) is 17.8. The molecule has 1 amide bonds. The van der Waals surface area contributed by atoms with Crippen molar-refractivity contribution in [2.75, 3.05) is 33.1 Å². The normalized spacial score (nSPS) is 15.7. The molecule has 10 nitrogen and oxygen atoms in total. The van der Waals surface area contributed by atoms with E-state index >= 15 is 0 Å². The van der Waals surface area contributed by atoms with Crippen LogP contribution in [0.2, 0.25) is 0 Å². The molecule has 12 heteroatoms. The number of hydrogen-bond donors (Lipinski definition) is 2. The number of benzene rings is 2. The maximum Gasteiger partial charge on any atom is 0.283 e. The van der Waals surface area contributed by atoms with Crippen molar-refractivity contribution in [3.8, 4) is 5.75 Å². The largest absolute Gasteiger partial charge is 0.495 e. The Kier molecular flexibility index (Phi) is 6.86. The lowest BCUT2D eigenvalue weighted by atomic mass is 10.2. The molecule has 32 heavy (non-hydrogen) atoms. The summed E-state index contributed by atoms with van der Waals surface area (Å²) in [6, 6.07) is 9.61. The fourth-order valence-electron chi connectivity index (χ4n) is 3.15. The van der Waals surface area contributed by atoms with Crippen molar-refractivity contribution in [2.45, 2.75) is 22.6 Å². The number of nitrogens with one attached hydrogen (secondary N) is 2. The van der Waals surface area contributed by atoms with Crippen LogP contribution in [0.3, 0.4) is 0 Å². The van der Waals surface area contributed by atoms with Crippen LogP contribution in [-0.4, -0.2) is 61.2 Å². The predicted octanol–water partition coefficient (Wildman–Crippen LogP) is 1.67. The van der Waals surface area contributed by atoms with Gasteiger partial charge < -0.3 is 15.0 Å². The first-order valence-corrected chi connectivity index (χ1v) is 12.6. The quantitative estimate of drug-likeness (QED) is 0.615. The van der Waals surface area contributed by atoms with Gasteiger partial charge in [-0.25, -0.2) is 13.1 Å². The second kappa shape index (κ2) is 9.27. The van der Waals surface area contributed by atoms with Crippen molar-refractivity contribution >= 4 is 37.5 Å². The lowest BCUT2D eigenvalue weighted by molar-refractivity contribution is 0.102. The van der Waals surface area contributed by atoms with Gasteiger partial charge in [-0.1, -0.05) is 0 Å². The molecule has 3 rings (SSSR count). The Morgan fingerprint density at radius 2 is 1.78 bits per heavy atom. The molecule has 0 aliphatic carbocycles. The molecule has 0 spiro atoms. The van der Waals surface area contributed by atoms with Crippen LogP contribution in [0.15, 0.2) is 56.7 Å². The number of carbonyl (C=O) groups excluding carboxylic acids is 1. The molecule has 0 unspecified atom stereocenters. The number of amides is 1. The smallest absolute Gasteiger partial charge is 0.283 e. The van der Waals surface area contributed by atoms with E-state index < -0.39 is 26.0 Å². The Balaban J connectivity index is 1.80. The van der Waals surface area contributed by atoms with Crippen LogP contribution in [0.25, 0.3) is 0 Å². The van der Waals surface area contributed by atoms with E-state index in [0.29, 0.717) is 17.9 Å². The van der Waals surface area contributed by atoms with Gasteiger partial charge in [0, 0.05) is 31.3 Å². The van der Waals surface area contributed by atoms with Gasteiger partial charge in [0.15, 0.2) is 0 Å². The Morgan fingerprint density at radius 1 is 1.09 bits per heavy atom. The molecule has 0 radical (unpaired) electrons. The van der Waals surface area contributed by atoms with Gasteiger partial charge >= 0.3 is 0 Å². The van der Waals surface area contributed by atoms with E-state index in [9.17, 15) is 21.6 Å². The zero-order chi connectivity index (χ0) is 23.5. The summed E-state index contributed by atoms with van der Waals surface area (Å²) in [5.74, 6) is 0.0536. The van der Waals surface area contributed by atoms with E-state index in [-0.39, 0.29) is 21.1 Å². The average Bonchev–Trinajstić information content (AvgIpc) is 3.17. The third-order valence-electron chi connectivity index (χ3n) is 4.95. The van der Waals surface area contributed by atoms with Crippen LogP contribution in [0.5, 0.6) is 5.75 Å². The summed E-state index contributed by atoms with van der Waals surface area (Å²) in [5, 5.41) is 2.62. The molecule has 1 aliphatic heterocycles. The number of carbonyl (C=O) groups is 1. The van der Waals surface area contributed by atoms with Crippen molar-refractivity contribution in [1.82, 2.24) is 9.62 Å². The van der Waals surface area contributed by atoms with Crippen LogP contribution in [0.1, 0.15) is 23.2 Å². The number of rotatable bonds is 7. The summed E-state index contributed by atoms with van der Waals surface area (Å²) >= 11 is 0. The first-order valence-electron chi connectivity index (χ1n) is 9.65. The third-order valence-corrected chi connectivity index (χ3v) is 7.71. The number of anilines is 1. The SMILES string of the molecule is CNS(=O)(=O)c1cc(C(=O)Nc2ccc(S(=O)(=O)/N=C3/CCCN3C)cc2)ccc1OC. The monoisotopic (exact) mass is 480 g/mol. The van der Waals surface area contributed by atoms with Gasteiger partial charge in [-0.05, 0) is 55.9 Å². The molecule has 172 valence electrons. The molecule has 1 saturated heterocycles. The van der Waals surface area contributed by atoms with Crippen LogP contribution in [0, 0.1) is 0 Å². The number of ether oxygens (including phenoxy) is 1. The Bertz CT molecular complexity index is 1260. The van der Waals surface area contributed by atoms with Crippen molar-refractivity contribution in [3.63, 3.8) is 0 Å². The van der Waals surface area contributed by atoms with Crippen LogP contribution < -0.4 is 14.8 Å². The summed E-state index contributed by atoms with van der Waals surface area (Å²) < 4.78 is 60.6. The summed E-state index contributed by atoms with van der Waals surface area (Å²) in [5.41, 5.74) is 0.431. The molecule has 0 aromatic heterocycles. The number of methoxy groups -OCH3 is 1. The highest BCUT2D eigenvalue weighted by molar-refractivity contribution is 7.90. The summed E-state index contributed by atoms with van der Waals surface area (Å²) in [6.07, 6.45) is 1.47. The van der Waals surface area contributed by atoms with Crippen molar-refractivity contribution < 1.29 is 26.4 Å². The van der Waals surface area contributed by atoms with Crippen LogP contribution in [0.4, 0.5) is 5.69 Å². The predicted molar refractivity (Wildman–Crippen MR) is 120 cm³/mol. The topological polar surface area (TPSA) is 134 Å². The third kappa shape index (κ3) is 5.09. The molecule has 0 bridgehead atoms. The molecular weight excluding hydrogens is 456 g/mol. The lowest BCUT2D eigenvalue weighted by Crippen LogP contribution is -2.20. The molecule has 2 aromatic rings.